The summed E-state index contributed by atoms with van der Waals surface area (Å²) < 4.78 is 16.7. The minimum absolute atomic E-state index is 0.0346. The fourth-order valence-electron chi connectivity index (χ4n) is 4.73. The first-order valence-electron chi connectivity index (χ1n) is 13.3. The Bertz CT molecular complexity index is 1250. The first-order chi connectivity index (χ1) is 18.6. The van der Waals surface area contributed by atoms with Crippen molar-refractivity contribution in [2.45, 2.75) is 32.1 Å². The highest BCUT2D eigenvalue weighted by atomic mass is 35.5. The van der Waals surface area contributed by atoms with Crippen LogP contribution in [0.1, 0.15) is 32.1 Å². The quantitative estimate of drug-likeness (QED) is 0.158. The molecule has 0 N–H and O–H groups in total. The average Bonchev–Trinajstić information content (AvgIpc) is 2.89. The van der Waals surface area contributed by atoms with Crippen molar-refractivity contribution in [2.24, 2.45) is 5.92 Å². The molecule has 5 rings (SSSR count). The van der Waals surface area contributed by atoms with Gasteiger partial charge in [0.15, 0.2) is 0 Å². The number of aromatic nitrogens is 1. The molecule has 0 bridgehead atoms. The molecule has 2 fully saturated rings. The minimum Gasteiger partial charge on any atom is -0.494 e. The first kappa shape index (κ1) is 26.9. The Morgan fingerprint density at radius 2 is 1.79 bits per heavy atom. The van der Waals surface area contributed by atoms with E-state index in [0.29, 0.717) is 22.5 Å². The zero-order valence-electron chi connectivity index (χ0n) is 21.4. The van der Waals surface area contributed by atoms with Crippen molar-refractivity contribution in [3.63, 3.8) is 0 Å². The maximum Gasteiger partial charge on any atom is 0.311 e. The van der Waals surface area contributed by atoms with E-state index in [-0.39, 0.29) is 18.7 Å². The molecule has 1 aromatic heterocycles. The fraction of sp³-hybridized carbons (Fsp3) is 0.448. The van der Waals surface area contributed by atoms with Crippen LogP contribution in [0.2, 0.25) is 10.0 Å². The second kappa shape index (κ2) is 12.9. The molecule has 1 aliphatic heterocycles. The molecular weight excluding hydrogens is 525 g/mol. The maximum atomic E-state index is 11.8. The van der Waals surface area contributed by atoms with Gasteiger partial charge in [-0.3, -0.25) is 9.69 Å². The third kappa shape index (κ3) is 6.82. The molecule has 3 aromatic rings. The van der Waals surface area contributed by atoms with Crippen LogP contribution in [-0.2, 0) is 9.53 Å². The number of pyridine rings is 1. The summed E-state index contributed by atoms with van der Waals surface area (Å²) in [6.07, 6.45) is 4.96. The predicted molar refractivity (Wildman–Crippen MR) is 151 cm³/mol. The second-order valence-electron chi connectivity index (χ2n) is 9.81. The number of hydrogen-bond donors (Lipinski definition) is 0. The minimum atomic E-state index is -0.183. The van der Waals surface area contributed by atoms with Crippen LogP contribution in [-0.4, -0.2) is 62.0 Å². The highest BCUT2D eigenvalue weighted by molar-refractivity contribution is 6.43. The number of esters is 1. The molecule has 2 aliphatic rings. The van der Waals surface area contributed by atoms with Gasteiger partial charge in [0.25, 0.3) is 0 Å². The van der Waals surface area contributed by atoms with Gasteiger partial charge in [0.05, 0.1) is 33.8 Å². The molecule has 7 nitrogen and oxygen atoms in total. The Morgan fingerprint density at radius 1 is 0.974 bits per heavy atom. The highest BCUT2D eigenvalue weighted by Crippen LogP contribution is 2.33. The molecule has 9 heteroatoms. The fourth-order valence-corrected chi connectivity index (χ4v) is 5.15. The molecular formula is C29H33Cl2N3O4. The molecule has 38 heavy (non-hydrogen) atoms. The summed E-state index contributed by atoms with van der Waals surface area (Å²) >= 11 is 12.6. The van der Waals surface area contributed by atoms with E-state index in [0.717, 1.165) is 87.2 Å². The number of carbonyl (C=O) groups excluding carboxylic acids is 1. The van der Waals surface area contributed by atoms with Crippen LogP contribution in [0.4, 0.5) is 5.69 Å². The van der Waals surface area contributed by atoms with Gasteiger partial charge in [0, 0.05) is 43.7 Å². The number of hydrogen-bond acceptors (Lipinski definition) is 7. The second-order valence-corrected chi connectivity index (χ2v) is 10.6. The Kier molecular flexibility index (Phi) is 9.10. The largest absolute Gasteiger partial charge is 0.494 e. The number of fused-ring (bicyclic) bond motifs is 1. The van der Waals surface area contributed by atoms with E-state index < -0.39 is 0 Å². The van der Waals surface area contributed by atoms with Gasteiger partial charge in [-0.05, 0) is 62.6 Å². The van der Waals surface area contributed by atoms with Gasteiger partial charge in [0.2, 0.25) is 12.7 Å². The van der Waals surface area contributed by atoms with Crippen LogP contribution in [0.3, 0.4) is 0 Å². The SMILES string of the molecule is O=C(OCOc1ccc2ccc(OCCCCN3CCN(c4cccc(Cl)c4Cl)CC3)cc2n1)C1CCC1. The van der Waals surface area contributed by atoms with Gasteiger partial charge in [0.1, 0.15) is 5.75 Å². The normalized spacial score (nSPS) is 16.3. The predicted octanol–water partition coefficient (Wildman–Crippen LogP) is 6.20. The molecule has 1 aliphatic carbocycles. The van der Waals surface area contributed by atoms with Crippen molar-refractivity contribution >= 4 is 45.8 Å². The number of ether oxygens (including phenoxy) is 3. The van der Waals surface area contributed by atoms with Crippen LogP contribution in [0.5, 0.6) is 11.6 Å². The molecule has 0 amide bonds. The molecule has 0 unspecified atom stereocenters. The number of piperazine rings is 1. The smallest absolute Gasteiger partial charge is 0.311 e. The molecule has 0 spiro atoms. The summed E-state index contributed by atoms with van der Waals surface area (Å²) in [6.45, 7) is 5.47. The van der Waals surface area contributed by atoms with Gasteiger partial charge in [-0.1, -0.05) is 35.7 Å². The number of rotatable bonds is 11. The van der Waals surface area contributed by atoms with Crippen LogP contribution in [0.15, 0.2) is 48.5 Å². The lowest BCUT2D eigenvalue weighted by molar-refractivity contribution is -0.158. The zero-order valence-corrected chi connectivity index (χ0v) is 22.9. The van der Waals surface area contributed by atoms with Crippen LogP contribution < -0.4 is 14.4 Å². The molecule has 0 atom stereocenters. The summed E-state index contributed by atoms with van der Waals surface area (Å²) in [4.78, 5) is 21.2. The summed E-state index contributed by atoms with van der Waals surface area (Å²) in [7, 11) is 0. The van der Waals surface area contributed by atoms with Gasteiger partial charge in [-0.2, -0.15) is 0 Å². The molecule has 2 aromatic carbocycles. The van der Waals surface area contributed by atoms with E-state index >= 15 is 0 Å². The van der Waals surface area contributed by atoms with Crippen molar-refractivity contribution in [3.8, 4) is 11.6 Å². The van der Waals surface area contributed by atoms with Crippen LogP contribution in [0.25, 0.3) is 10.9 Å². The number of carbonyl (C=O) groups is 1. The number of unbranched alkanes of at least 4 members (excludes halogenated alkanes) is 1. The lowest BCUT2D eigenvalue weighted by Crippen LogP contribution is -2.46. The van der Waals surface area contributed by atoms with Crippen molar-refractivity contribution < 1.29 is 19.0 Å². The first-order valence-corrected chi connectivity index (χ1v) is 14.1. The van der Waals surface area contributed by atoms with Gasteiger partial charge in [-0.25, -0.2) is 4.98 Å². The Morgan fingerprint density at radius 3 is 2.58 bits per heavy atom. The molecule has 202 valence electrons. The lowest BCUT2D eigenvalue weighted by atomic mass is 9.86. The molecule has 1 saturated heterocycles. The van der Waals surface area contributed by atoms with Crippen molar-refractivity contribution in [1.29, 1.82) is 0 Å². The Labute approximate surface area is 233 Å². The third-order valence-electron chi connectivity index (χ3n) is 7.27. The number of nitrogens with zero attached hydrogens (tertiary/aromatic N) is 3. The number of benzene rings is 2. The van der Waals surface area contributed by atoms with Gasteiger partial charge < -0.3 is 19.1 Å². The maximum absolute atomic E-state index is 11.8. The molecule has 0 radical (unpaired) electrons. The monoisotopic (exact) mass is 557 g/mol. The van der Waals surface area contributed by atoms with E-state index in [1.54, 1.807) is 6.07 Å². The molecule has 1 saturated carbocycles. The summed E-state index contributed by atoms with van der Waals surface area (Å²) in [5, 5.41) is 2.23. The van der Waals surface area contributed by atoms with Gasteiger partial charge in [-0.15, -0.1) is 0 Å². The van der Waals surface area contributed by atoms with Crippen molar-refractivity contribution in [2.75, 3.05) is 51.0 Å². The van der Waals surface area contributed by atoms with E-state index in [4.69, 9.17) is 37.4 Å². The molecule has 2 heterocycles. The van der Waals surface area contributed by atoms with E-state index in [1.807, 2.05) is 42.5 Å². The van der Waals surface area contributed by atoms with Gasteiger partial charge >= 0.3 is 5.97 Å². The number of anilines is 1. The van der Waals surface area contributed by atoms with Crippen molar-refractivity contribution in [3.05, 3.63) is 58.6 Å². The average molecular weight is 559 g/mol. The summed E-state index contributed by atoms with van der Waals surface area (Å²) in [5.41, 5.74) is 1.80. The van der Waals surface area contributed by atoms with Crippen LogP contribution in [0, 0.1) is 5.92 Å². The number of halogens is 2. The summed E-state index contributed by atoms with van der Waals surface area (Å²) in [6, 6.07) is 15.4. The van der Waals surface area contributed by atoms with Crippen LogP contribution >= 0.6 is 23.2 Å². The Balaban J connectivity index is 1.01. The topological polar surface area (TPSA) is 64.1 Å². The standard InChI is InChI=1S/C29H33Cl2N3O4/c30-24-7-4-8-26(28(24)31)34-16-14-33(15-17-34)13-1-2-18-36-23-11-9-21-10-12-27(32-25(21)19-23)37-20-38-29(35)22-5-3-6-22/h4,7-12,19,22H,1-3,5-6,13-18,20H2. The summed E-state index contributed by atoms with van der Waals surface area (Å²) in [5.74, 6) is 1.06. The van der Waals surface area contributed by atoms with E-state index in [1.165, 1.54) is 0 Å². The lowest BCUT2D eigenvalue weighted by Gasteiger charge is -2.36. The van der Waals surface area contributed by atoms with E-state index in [9.17, 15) is 4.79 Å². The zero-order chi connectivity index (χ0) is 26.3. The highest BCUT2D eigenvalue weighted by Gasteiger charge is 2.26. The van der Waals surface area contributed by atoms with Crippen molar-refractivity contribution in [1.82, 2.24) is 9.88 Å². The third-order valence-corrected chi connectivity index (χ3v) is 8.08. The Hall–Kier alpha value is -2.74. The van der Waals surface area contributed by atoms with E-state index in [2.05, 4.69) is 14.8 Å².